The molecular formula is C11H20O. The van der Waals surface area contributed by atoms with E-state index in [2.05, 4.69) is 20.8 Å². The van der Waals surface area contributed by atoms with Gasteiger partial charge in [0.1, 0.15) is 5.78 Å². The highest BCUT2D eigenvalue weighted by Gasteiger charge is 2.49. The SMILES string of the molecule is CC(C)C(=O)C1CC1C(C)(C)C. The number of ketones is 1. The Hall–Kier alpha value is -0.330. The first kappa shape index (κ1) is 9.76. The molecule has 0 radical (unpaired) electrons. The number of rotatable bonds is 2. The van der Waals surface area contributed by atoms with Crippen molar-refractivity contribution in [2.24, 2.45) is 23.2 Å². The van der Waals surface area contributed by atoms with Crippen LogP contribution in [0.15, 0.2) is 0 Å². The summed E-state index contributed by atoms with van der Waals surface area (Å²) in [5, 5.41) is 0. The Kier molecular flexibility index (Phi) is 2.33. The molecule has 0 N–H and O–H groups in total. The summed E-state index contributed by atoms with van der Waals surface area (Å²) in [6.45, 7) is 10.7. The second-order valence-corrected chi connectivity index (χ2v) is 5.37. The molecular weight excluding hydrogens is 148 g/mol. The van der Waals surface area contributed by atoms with E-state index in [-0.39, 0.29) is 5.92 Å². The van der Waals surface area contributed by atoms with Crippen molar-refractivity contribution < 1.29 is 4.79 Å². The van der Waals surface area contributed by atoms with Crippen molar-refractivity contribution >= 4 is 5.78 Å². The van der Waals surface area contributed by atoms with Gasteiger partial charge in [-0.1, -0.05) is 34.6 Å². The minimum atomic E-state index is 0.224. The Balaban J connectivity index is 2.48. The number of hydrogen-bond acceptors (Lipinski definition) is 1. The van der Waals surface area contributed by atoms with E-state index in [9.17, 15) is 4.79 Å². The molecule has 0 heterocycles. The maximum atomic E-state index is 11.6. The highest BCUT2D eigenvalue weighted by Crippen LogP contribution is 2.51. The van der Waals surface area contributed by atoms with Crippen LogP contribution in [0.2, 0.25) is 0 Å². The van der Waals surface area contributed by atoms with Crippen molar-refractivity contribution in [3.8, 4) is 0 Å². The largest absolute Gasteiger partial charge is 0.299 e. The van der Waals surface area contributed by atoms with E-state index >= 15 is 0 Å². The quantitative estimate of drug-likeness (QED) is 0.619. The van der Waals surface area contributed by atoms with Crippen LogP contribution in [0, 0.1) is 23.2 Å². The van der Waals surface area contributed by atoms with Gasteiger partial charge in [-0.15, -0.1) is 0 Å². The van der Waals surface area contributed by atoms with Gasteiger partial charge in [0.2, 0.25) is 0 Å². The highest BCUT2D eigenvalue weighted by atomic mass is 16.1. The van der Waals surface area contributed by atoms with E-state index in [1.807, 2.05) is 13.8 Å². The molecule has 1 aliphatic carbocycles. The molecule has 1 nitrogen and oxygen atoms in total. The van der Waals surface area contributed by atoms with Gasteiger partial charge < -0.3 is 0 Å². The molecule has 0 amide bonds. The fourth-order valence-corrected chi connectivity index (χ4v) is 1.89. The minimum absolute atomic E-state index is 0.224. The summed E-state index contributed by atoms with van der Waals surface area (Å²) in [5.74, 6) is 1.72. The van der Waals surface area contributed by atoms with Crippen LogP contribution in [0.5, 0.6) is 0 Å². The lowest BCUT2D eigenvalue weighted by molar-refractivity contribution is -0.123. The minimum Gasteiger partial charge on any atom is -0.299 e. The number of hydrogen-bond donors (Lipinski definition) is 0. The Labute approximate surface area is 75.5 Å². The van der Waals surface area contributed by atoms with E-state index in [1.54, 1.807) is 0 Å². The molecule has 0 saturated heterocycles. The summed E-state index contributed by atoms with van der Waals surface area (Å²) in [7, 11) is 0. The molecule has 0 spiro atoms. The average molecular weight is 168 g/mol. The molecule has 0 bridgehead atoms. The summed E-state index contributed by atoms with van der Waals surface area (Å²) >= 11 is 0. The second-order valence-electron chi connectivity index (χ2n) is 5.37. The monoisotopic (exact) mass is 168 g/mol. The van der Waals surface area contributed by atoms with Crippen molar-refractivity contribution in [3.63, 3.8) is 0 Å². The van der Waals surface area contributed by atoms with Crippen molar-refractivity contribution in [2.45, 2.75) is 41.0 Å². The zero-order valence-electron chi connectivity index (χ0n) is 8.85. The highest BCUT2D eigenvalue weighted by molar-refractivity contribution is 5.85. The Morgan fingerprint density at radius 3 is 2.08 bits per heavy atom. The van der Waals surface area contributed by atoms with Gasteiger partial charge in [0.25, 0.3) is 0 Å². The molecule has 1 fully saturated rings. The fraction of sp³-hybridized carbons (Fsp3) is 0.909. The summed E-state index contributed by atoms with van der Waals surface area (Å²) in [5.41, 5.74) is 0.329. The maximum absolute atomic E-state index is 11.6. The van der Waals surface area contributed by atoms with E-state index in [4.69, 9.17) is 0 Å². The van der Waals surface area contributed by atoms with Gasteiger partial charge in [-0.2, -0.15) is 0 Å². The van der Waals surface area contributed by atoms with Crippen molar-refractivity contribution in [3.05, 3.63) is 0 Å². The van der Waals surface area contributed by atoms with Gasteiger partial charge in [-0.3, -0.25) is 4.79 Å². The van der Waals surface area contributed by atoms with Crippen LogP contribution in [0.4, 0.5) is 0 Å². The van der Waals surface area contributed by atoms with E-state index in [1.165, 1.54) is 0 Å². The smallest absolute Gasteiger partial charge is 0.138 e. The van der Waals surface area contributed by atoms with Crippen LogP contribution >= 0.6 is 0 Å². The third-order valence-corrected chi connectivity index (χ3v) is 2.84. The topological polar surface area (TPSA) is 17.1 Å². The van der Waals surface area contributed by atoms with Crippen molar-refractivity contribution in [2.75, 3.05) is 0 Å². The molecule has 1 aliphatic rings. The molecule has 12 heavy (non-hydrogen) atoms. The van der Waals surface area contributed by atoms with E-state index < -0.39 is 0 Å². The average Bonchev–Trinajstić information content (AvgIpc) is 2.61. The maximum Gasteiger partial charge on any atom is 0.138 e. The standard InChI is InChI=1S/C11H20O/c1-7(2)10(12)8-6-9(8)11(3,4)5/h7-9H,6H2,1-5H3. The van der Waals surface area contributed by atoms with Crippen LogP contribution in [0.1, 0.15) is 41.0 Å². The second kappa shape index (κ2) is 2.86. The summed E-state index contributed by atoms with van der Waals surface area (Å²) in [6.07, 6.45) is 1.13. The Bertz CT molecular complexity index is 186. The van der Waals surface area contributed by atoms with Gasteiger partial charge in [-0.05, 0) is 17.8 Å². The number of carbonyl (C=O) groups is 1. The summed E-state index contributed by atoms with van der Waals surface area (Å²) in [4.78, 5) is 11.6. The van der Waals surface area contributed by atoms with Gasteiger partial charge in [0.15, 0.2) is 0 Å². The van der Waals surface area contributed by atoms with Gasteiger partial charge in [-0.25, -0.2) is 0 Å². The van der Waals surface area contributed by atoms with Gasteiger partial charge in [0.05, 0.1) is 0 Å². The molecule has 0 aromatic heterocycles. The van der Waals surface area contributed by atoms with Crippen LogP contribution in [0.25, 0.3) is 0 Å². The molecule has 70 valence electrons. The summed E-state index contributed by atoms with van der Waals surface area (Å²) in [6, 6.07) is 0. The first-order chi connectivity index (χ1) is 5.34. The number of Topliss-reactive ketones (excluding diaryl/α,β-unsaturated/α-hetero) is 1. The lowest BCUT2D eigenvalue weighted by Crippen LogP contribution is -2.16. The number of carbonyl (C=O) groups excluding carboxylic acids is 1. The zero-order valence-corrected chi connectivity index (χ0v) is 8.85. The molecule has 2 unspecified atom stereocenters. The zero-order chi connectivity index (χ0) is 9.52. The third kappa shape index (κ3) is 1.88. The lowest BCUT2D eigenvalue weighted by atomic mass is 9.87. The first-order valence-electron chi connectivity index (χ1n) is 4.87. The molecule has 0 aromatic carbocycles. The van der Waals surface area contributed by atoms with Crippen LogP contribution < -0.4 is 0 Å². The van der Waals surface area contributed by atoms with Crippen LogP contribution in [0.3, 0.4) is 0 Å². The Morgan fingerprint density at radius 1 is 1.33 bits per heavy atom. The molecule has 1 heteroatoms. The normalized spacial score (nSPS) is 29.2. The van der Waals surface area contributed by atoms with E-state index in [0.29, 0.717) is 23.0 Å². The predicted molar refractivity (Wildman–Crippen MR) is 50.9 cm³/mol. The molecule has 1 saturated carbocycles. The molecule has 0 aromatic rings. The Morgan fingerprint density at radius 2 is 1.83 bits per heavy atom. The van der Waals surface area contributed by atoms with Gasteiger partial charge >= 0.3 is 0 Å². The van der Waals surface area contributed by atoms with Crippen LogP contribution in [-0.4, -0.2) is 5.78 Å². The van der Waals surface area contributed by atoms with Crippen LogP contribution in [-0.2, 0) is 4.79 Å². The lowest BCUT2D eigenvalue weighted by Gasteiger charge is -2.18. The molecule has 0 aliphatic heterocycles. The van der Waals surface area contributed by atoms with Gasteiger partial charge in [0, 0.05) is 11.8 Å². The van der Waals surface area contributed by atoms with Crippen molar-refractivity contribution in [1.82, 2.24) is 0 Å². The molecule has 2 atom stereocenters. The van der Waals surface area contributed by atoms with Crippen molar-refractivity contribution in [1.29, 1.82) is 0 Å². The first-order valence-corrected chi connectivity index (χ1v) is 4.87. The summed E-state index contributed by atoms with van der Waals surface area (Å²) < 4.78 is 0. The fourth-order valence-electron chi connectivity index (χ4n) is 1.89. The predicted octanol–water partition coefficient (Wildman–Crippen LogP) is 2.89. The third-order valence-electron chi connectivity index (χ3n) is 2.84. The molecule has 1 rings (SSSR count). The van der Waals surface area contributed by atoms with E-state index in [0.717, 1.165) is 6.42 Å².